The Kier molecular flexibility index (Phi) is 4.08. The summed E-state index contributed by atoms with van der Waals surface area (Å²) in [6.07, 6.45) is 5.26. The minimum Gasteiger partial charge on any atom is -0.387 e. The van der Waals surface area contributed by atoms with E-state index in [1.807, 2.05) is 29.3 Å². The summed E-state index contributed by atoms with van der Waals surface area (Å²) in [6.45, 7) is 1.72. The Bertz CT molecular complexity index is 540. The number of nitrogens with zero attached hydrogens (tertiary/aromatic N) is 2. The predicted octanol–water partition coefficient (Wildman–Crippen LogP) is 1.77. The van der Waals surface area contributed by atoms with Crippen molar-refractivity contribution in [2.45, 2.75) is 37.7 Å². The second-order valence-corrected chi connectivity index (χ2v) is 7.66. The molecule has 116 valence electrons. The van der Waals surface area contributed by atoms with Crippen LogP contribution in [0.2, 0.25) is 0 Å². The summed E-state index contributed by atoms with van der Waals surface area (Å²) in [5.41, 5.74) is 1.41. The second kappa shape index (κ2) is 5.71. The summed E-state index contributed by atoms with van der Waals surface area (Å²) < 4.78 is 0. The first-order valence-electron chi connectivity index (χ1n) is 7.74. The Morgan fingerprint density at radius 1 is 1.43 bits per heavy atom. The van der Waals surface area contributed by atoms with Gasteiger partial charge in [0, 0.05) is 23.3 Å². The average Bonchev–Trinajstić information content (AvgIpc) is 3.01. The maximum atomic E-state index is 12.8. The summed E-state index contributed by atoms with van der Waals surface area (Å²) in [4.78, 5) is 18.0. The van der Waals surface area contributed by atoms with E-state index in [2.05, 4.69) is 0 Å². The molecule has 1 amide bonds. The summed E-state index contributed by atoms with van der Waals surface area (Å²) in [5.74, 6) is 0.115. The predicted molar refractivity (Wildman–Crippen MR) is 85.0 cm³/mol. The van der Waals surface area contributed by atoms with E-state index in [4.69, 9.17) is 0 Å². The second-order valence-electron chi connectivity index (χ2n) is 6.70. The van der Waals surface area contributed by atoms with Crippen molar-refractivity contribution in [3.05, 3.63) is 21.4 Å². The highest BCUT2D eigenvalue weighted by Crippen LogP contribution is 2.32. The number of hydrogen-bond acceptors (Lipinski definition) is 4. The quantitative estimate of drug-likeness (QED) is 0.925. The van der Waals surface area contributed by atoms with Gasteiger partial charge in [0.05, 0.1) is 17.7 Å². The molecule has 0 bridgehead atoms. The van der Waals surface area contributed by atoms with Gasteiger partial charge in [0.15, 0.2) is 0 Å². The third-order valence-electron chi connectivity index (χ3n) is 4.52. The lowest BCUT2D eigenvalue weighted by molar-refractivity contribution is 0.0236. The lowest BCUT2D eigenvalue weighted by Crippen LogP contribution is -2.43. The Labute approximate surface area is 130 Å². The lowest BCUT2D eigenvalue weighted by atomic mass is 9.95. The van der Waals surface area contributed by atoms with Crippen molar-refractivity contribution in [1.29, 1.82) is 0 Å². The number of aliphatic hydroxyl groups is 1. The van der Waals surface area contributed by atoms with Crippen LogP contribution in [-0.4, -0.2) is 60.1 Å². The first kappa shape index (κ1) is 15.0. The van der Waals surface area contributed by atoms with Crippen LogP contribution >= 0.6 is 11.3 Å². The van der Waals surface area contributed by atoms with E-state index in [1.165, 1.54) is 23.3 Å². The molecule has 21 heavy (non-hydrogen) atoms. The number of thiophene rings is 1. The zero-order chi connectivity index (χ0) is 15.0. The maximum Gasteiger partial charge on any atom is 0.255 e. The summed E-state index contributed by atoms with van der Waals surface area (Å²) in [6, 6.07) is 0. The lowest BCUT2D eigenvalue weighted by Gasteiger charge is -2.26. The average molecular weight is 308 g/mol. The van der Waals surface area contributed by atoms with Gasteiger partial charge in [-0.15, -0.1) is 11.3 Å². The van der Waals surface area contributed by atoms with Gasteiger partial charge >= 0.3 is 0 Å². The molecule has 1 aromatic rings. The number of aryl methyl sites for hydroxylation is 1. The number of likely N-dealkylation sites (tertiary alicyclic amines) is 1. The molecule has 5 heteroatoms. The van der Waals surface area contributed by atoms with E-state index < -0.39 is 5.60 Å². The van der Waals surface area contributed by atoms with Gasteiger partial charge < -0.3 is 14.9 Å². The molecule has 1 saturated heterocycles. The largest absolute Gasteiger partial charge is 0.387 e. The molecule has 1 aliphatic heterocycles. The standard InChI is InChI=1S/C16H24N2O2S/c1-17(2)10-16(20)7-8-18(11-16)15(19)13-9-21-14-6-4-3-5-12(13)14/h9,20H,3-8,10-11H2,1-2H3/t16-/m0/s1. The van der Waals surface area contributed by atoms with E-state index in [9.17, 15) is 9.90 Å². The molecule has 1 fully saturated rings. The van der Waals surface area contributed by atoms with Gasteiger partial charge in [-0.3, -0.25) is 4.79 Å². The Hall–Kier alpha value is -0.910. The third-order valence-corrected chi connectivity index (χ3v) is 5.61. The minimum atomic E-state index is -0.755. The van der Waals surface area contributed by atoms with Gasteiger partial charge in [0.1, 0.15) is 0 Å². The molecule has 0 spiro atoms. The van der Waals surface area contributed by atoms with Gasteiger partial charge in [-0.05, 0) is 51.8 Å². The van der Waals surface area contributed by atoms with Crippen LogP contribution in [0.4, 0.5) is 0 Å². The van der Waals surface area contributed by atoms with Crippen molar-refractivity contribution in [3.8, 4) is 0 Å². The van der Waals surface area contributed by atoms with Gasteiger partial charge in [-0.25, -0.2) is 0 Å². The van der Waals surface area contributed by atoms with Crippen molar-refractivity contribution in [3.63, 3.8) is 0 Å². The topological polar surface area (TPSA) is 43.8 Å². The fraction of sp³-hybridized carbons (Fsp3) is 0.688. The Morgan fingerprint density at radius 2 is 2.19 bits per heavy atom. The van der Waals surface area contributed by atoms with Gasteiger partial charge in [-0.1, -0.05) is 0 Å². The van der Waals surface area contributed by atoms with Crippen LogP contribution in [0.1, 0.15) is 40.1 Å². The summed E-state index contributed by atoms with van der Waals surface area (Å²) in [7, 11) is 3.91. The summed E-state index contributed by atoms with van der Waals surface area (Å²) in [5, 5.41) is 12.6. The number of amides is 1. The number of hydrogen-bond donors (Lipinski definition) is 1. The molecule has 3 rings (SSSR count). The van der Waals surface area contributed by atoms with E-state index in [0.29, 0.717) is 26.1 Å². The molecular weight excluding hydrogens is 284 g/mol. The highest BCUT2D eigenvalue weighted by molar-refractivity contribution is 7.10. The molecule has 0 saturated carbocycles. The molecular formula is C16H24N2O2S. The minimum absolute atomic E-state index is 0.115. The first-order valence-corrected chi connectivity index (χ1v) is 8.62. The fourth-order valence-corrected chi connectivity index (χ4v) is 4.71. The van der Waals surface area contributed by atoms with Gasteiger partial charge in [0.25, 0.3) is 5.91 Å². The Balaban J connectivity index is 1.73. The SMILES string of the molecule is CN(C)C[C@@]1(O)CCN(C(=O)c2csc3c2CCCC3)C1. The van der Waals surface area contributed by atoms with Crippen LogP contribution < -0.4 is 0 Å². The third kappa shape index (κ3) is 3.00. The number of β-amino-alcohol motifs (C(OH)–C–C–N with tert-alkyl or cyclic N) is 1. The molecule has 1 atom stereocenters. The van der Waals surface area contributed by atoms with Crippen LogP contribution in [0.25, 0.3) is 0 Å². The van der Waals surface area contributed by atoms with Crippen LogP contribution in [0.15, 0.2) is 5.38 Å². The van der Waals surface area contributed by atoms with Crippen molar-refractivity contribution < 1.29 is 9.90 Å². The zero-order valence-corrected chi connectivity index (χ0v) is 13.7. The van der Waals surface area contributed by atoms with Crippen LogP contribution in [0, 0.1) is 0 Å². The number of rotatable bonds is 3. The molecule has 1 aromatic heterocycles. The normalized spacial score (nSPS) is 25.4. The highest BCUT2D eigenvalue weighted by atomic mass is 32.1. The highest BCUT2D eigenvalue weighted by Gasteiger charge is 2.39. The Morgan fingerprint density at radius 3 is 2.95 bits per heavy atom. The molecule has 1 N–H and O–H groups in total. The molecule has 4 nitrogen and oxygen atoms in total. The van der Waals surface area contributed by atoms with Crippen LogP contribution in [-0.2, 0) is 12.8 Å². The van der Waals surface area contributed by atoms with E-state index >= 15 is 0 Å². The van der Waals surface area contributed by atoms with Crippen LogP contribution in [0.3, 0.4) is 0 Å². The van der Waals surface area contributed by atoms with Crippen molar-refractivity contribution >= 4 is 17.2 Å². The monoisotopic (exact) mass is 308 g/mol. The number of carbonyl (C=O) groups is 1. The maximum absolute atomic E-state index is 12.8. The van der Waals surface area contributed by atoms with Crippen molar-refractivity contribution in [2.75, 3.05) is 33.7 Å². The molecule has 1 aliphatic carbocycles. The van der Waals surface area contributed by atoms with E-state index in [-0.39, 0.29) is 5.91 Å². The van der Waals surface area contributed by atoms with Crippen LogP contribution in [0.5, 0.6) is 0 Å². The fourth-order valence-electron chi connectivity index (χ4n) is 3.59. The number of likely N-dealkylation sites (N-methyl/N-ethyl adjacent to an activating group) is 1. The van der Waals surface area contributed by atoms with Crippen molar-refractivity contribution in [2.24, 2.45) is 0 Å². The molecule has 0 unspecified atom stereocenters. The van der Waals surface area contributed by atoms with E-state index in [0.717, 1.165) is 18.4 Å². The zero-order valence-electron chi connectivity index (χ0n) is 12.9. The summed E-state index contributed by atoms with van der Waals surface area (Å²) >= 11 is 1.73. The van der Waals surface area contributed by atoms with E-state index in [1.54, 1.807) is 11.3 Å². The number of carbonyl (C=O) groups excluding carboxylic acids is 1. The first-order chi connectivity index (χ1) is 9.98. The molecule has 0 aromatic carbocycles. The molecule has 0 radical (unpaired) electrons. The van der Waals surface area contributed by atoms with Gasteiger partial charge in [-0.2, -0.15) is 0 Å². The molecule has 2 heterocycles. The van der Waals surface area contributed by atoms with Gasteiger partial charge in [0.2, 0.25) is 0 Å². The smallest absolute Gasteiger partial charge is 0.255 e. The number of fused-ring (bicyclic) bond motifs is 1. The molecule has 2 aliphatic rings. The van der Waals surface area contributed by atoms with Crippen molar-refractivity contribution in [1.82, 2.24) is 9.80 Å².